The average Bonchev–Trinajstić information content (AvgIpc) is 2.72. The molecule has 0 saturated heterocycles. The fraction of sp³-hybridized carbons (Fsp3) is 0.619. The molecule has 6 heteroatoms. The molecule has 1 fully saturated rings. The van der Waals surface area contributed by atoms with E-state index in [0.717, 1.165) is 24.2 Å². The summed E-state index contributed by atoms with van der Waals surface area (Å²) in [5, 5.41) is 2.94. The van der Waals surface area contributed by atoms with Crippen molar-refractivity contribution in [1.29, 1.82) is 0 Å². The molecule has 1 aliphatic heterocycles. The number of para-hydroxylation sites is 2. The molecule has 1 atom stereocenters. The van der Waals surface area contributed by atoms with Gasteiger partial charge in [-0.1, -0.05) is 31.4 Å². The lowest BCUT2D eigenvalue weighted by Crippen LogP contribution is -2.52. The third-order valence-corrected chi connectivity index (χ3v) is 5.29. The van der Waals surface area contributed by atoms with Crippen molar-refractivity contribution in [1.82, 2.24) is 5.32 Å². The van der Waals surface area contributed by atoms with Gasteiger partial charge in [0.2, 0.25) is 11.8 Å². The Kier molecular flexibility index (Phi) is 5.75. The molecule has 0 bridgehead atoms. The zero-order chi connectivity index (χ0) is 19.6. The molecule has 148 valence electrons. The van der Waals surface area contributed by atoms with Crippen molar-refractivity contribution in [2.45, 2.75) is 70.5 Å². The van der Waals surface area contributed by atoms with E-state index in [1.165, 1.54) is 19.3 Å². The number of hydrogen-bond donors (Lipinski definition) is 2. The van der Waals surface area contributed by atoms with E-state index in [4.69, 9.17) is 5.73 Å². The Hall–Kier alpha value is -2.08. The van der Waals surface area contributed by atoms with E-state index in [1.54, 1.807) is 4.90 Å². The number of carbonyl (C=O) groups is 2. The van der Waals surface area contributed by atoms with Gasteiger partial charge in [0.25, 0.3) is 0 Å². The van der Waals surface area contributed by atoms with Crippen LogP contribution in [0, 0.1) is 0 Å². The van der Waals surface area contributed by atoms with Crippen LogP contribution < -0.4 is 20.9 Å². The summed E-state index contributed by atoms with van der Waals surface area (Å²) in [6.07, 6.45) is 5.95. The van der Waals surface area contributed by atoms with Crippen molar-refractivity contribution in [3.63, 3.8) is 0 Å². The van der Waals surface area contributed by atoms with Crippen molar-refractivity contribution < 1.29 is 9.59 Å². The smallest absolute Gasteiger partial charge is 0.246 e. The van der Waals surface area contributed by atoms with Crippen LogP contribution in [-0.4, -0.2) is 42.5 Å². The summed E-state index contributed by atoms with van der Waals surface area (Å²) >= 11 is 0. The van der Waals surface area contributed by atoms with Crippen molar-refractivity contribution in [3.8, 4) is 0 Å². The molecular formula is C21H32N4O2. The first-order chi connectivity index (χ1) is 12.8. The van der Waals surface area contributed by atoms with E-state index in [2.05, 4.69) is 10.2 Å². The monoisotopic (exact) mass is 372 g/mol. The lowest BCUT2D eigenvalue weighted by molar-refractivity contribution is -0.125. The topological polar surface area (TPSA) is 78.7 Å². The summed E-state index contributed by atoms with van der Waals surface area (Å²) in [7, 11) is 0. The van der Waals surface area contributed by atoms with Gasteiger partial charge in [0.1, 0.15) is 12.6 Å². The summed E-state index contributed by atoms with van der Waals surface area (Å²) in [5.41, 5.74) is 7.73. The van der Waals surface area contributed by atoms with Crippen molar-refractivity contribution >= 4 is 23.2 Å². The minimum Gasteiger partial charge on any atom is -0.365 e. The SMILES string of the molecule is CC(C)(C)NC(=O)CN1C(=O)C(N)CN(C2CCCCC2)c2ccccc21. The summed E-state index contributed by atoms with van der Waals surface area (Å²) in [4.78, 5) is 29.4. The second-order valence-electron chi connectivity index (χ2n) is 8.76. The maximum atomic E-state index is 13.0. The lowest BCUT2D eigenvalue weighted by atomic mass is 9.93. The number of fused-ring (bicyclic) bond motifs is 1. The van der Waals surface area contributed by atoms with Crippen LogP contribution in [0.15, 0.2) is 24.3 Å². The Labute approximate surface area is 162 Å². The van der Waals surface area contributed by atoms with Gasteiger partial charge in [0.05, 0.1) is 11.4 Å². The Morgan fingerprint density at radius 2 is 1.78 bits per heavy atom. The number of benzene rings is 1. The van der Waals surface area contributed by atoms with Crippen LogP contribution >= 0.6 is 0 Å². The molecule has 27 heavy (non-hydrogen) atoms. The van der Waals surface area contributed by atoms with Crippen LogP contribution in [0.2, 0.25) is 0 Å². The van der Waals surface area contributed by atoms with Gasteiger partial charge in [-0.15, -0.1) is 0 Å². The maximum Gasteiger partial charge on any atom is 0.246 e. The molecular weight excluding hydrogens is 340 g/mol. The molecule has 1 heterocycles. The highest BCUT2D eigenvalue weighted by Crippen LogP contribution is 2.36. The molecule has 0 aromatic heterocycles. The molecule has 6 nitrogen and oxygen atoms in total. The molecule has 2 amide bonds. The maximum absolute atomic E-state index is 13.0. The standard InChI is InChI=1S/C21H32N4O2/c1-21(2,3)23-19(26)14-25-18-12-8-7-11-17(18)24(13-16(22)20(25)27)15-9-5-4-6-10-15/h7-8,11-12,15-16H,4-6,9-10,13-14,22H2,1-3H3,(H,23,26). The molecule has 1 saturated carbocycles. The van der Waals surface area contributed by atoms with Crippen LogP contribution in [-0.2, 0) is 9.59 Å². The van der Waals surface area contributed by atoms with Crippen molar-refractivity contribution in [3.05, 3.63) is 24.3 Å². The normalized spacial score (nSPS) is 21.6. The van der Waals surface area contributed by atoms with E-state index in [9.17, 15) is 9.59 Å². The summed E-state index contributed by atoms with van der Waals surface area (Å²) < 4.78 is 0. The first-order valence-corrected chi connectivity index (χ1v) is 10.00. The summed E-state index contributed by atoms with van der Waals surface area (Å²) in [6.45, 7) is 6.27. The highest BCUT2D eigenvalue weighted by Gasteiger charge is 2.35. The Bertz CT molecular complexity index is 692. The number of nitrogens with one attached hydrogen (secondary N) is 1. The van der Waals surface area contributed by atoms with Crippen LogP contribution in [0.4, 0.5) is 11.4 Å². The number of nitrogens with zero attached hydrogens (tertiary/aromatic N) is 2. The van der Waals surface area contributed by atoms with Gasteiger partial charge in [-0.05, 0) is 45.7 Å². The molecule has 1 aromatic carbocycles. The average molecular weight is 373 g/mol. The molecule has 1 unspecified atom stereocenters. The fourth-order valence-corrected chi connectivity index (χ4v) is 4.15. The predicted molar refractivity (Wildman–Crippen MR) is 109 cm³/mol. The number of anilines is 2. The Balaban J connectivity index is 1.92. The predicted octanol–water partition coefficient (Wildman–Crippen LogP) is 2.41. The quantitative estimate of drug-likeness (QED) is 0.854. The van der Waals surface area contributed by atoms with Crippen molar-refractivity contribution in [2.24, 2.45) is 5.73 Å². The third kappa shape index (κ3) is 4.61. The van der Waals surface area contributed by atoms with Gasteiger partial charge in [-0.2, -0.15) is 0 Å². The van der Waals surface area contributed by atoms with E-state index in [-0.39, 0.29) is 23.9 Å². The lowest BCUT2D eigenvalue weighted by Gasteiger charge is -2.36. The van der Waals surface area contributed by atoms with Gasteiger partial charge < -0.3 is 16.0 Å². The van der Waals surface area contributed by atoms with Gasteiger partial charge in [-0.25, -0.2) is 0 Å². The number of hydrogen-bond acceptors (Lipinski definition) is 4. The number of nitrogens with two attached hydrogens (primary N) is 1. The van der Waals surface area contributed by atoms with Crippen molar-refractivity contribution in [2.75, 3.05) is 22.9 Å². The molecule has 3 rings (SSSR count). The van der Waals surface area contributed by atoms with Crippen LogP contribution in [0.5, 0.6) is 0 Å². The highest BCUT2D eigenvalue weighted by atomic mass is 16.2. The number of rotatable bonds is 3. The van der Waals surface area contributed by atoms with E-state index in [1.807, 2.05) is 45.0 Å². The highest BCUT2D eigenvalue weighted by molar-refractivity contribution is 6.05. The second kappa shape index (κ2) is 7.89. The summed E-state index contributed by atoms with van der Waals surface area (Å²) in [5.74, 6) is -0.367. The van der Waals surface area contributed by atoms with Crippen LogP contribution in [0.25, 0.3) is 0 Å². The minimum atomic E-state index is -0.637. The molecule has 0 radical (unpaired) electrons. The third-order valence-electron chi connectivity index (χ3n) is 5.29. The number of carbonyl (C=O) groups excluding carboxylic acids is 2. The first kappa shape index (κ1) is 19.7. The largest absolute Gasteiger partial charge is 0.365 e. The second-order valence-corrected chi connectivity index (χ2v) is 8.76. The van der Waals surface area contributed by atoms with Gasteiger partial charge in [0.15, 0.2) is 0 Å². The van der Waals surface area contributed by atoms with E-state index in [0.29, 0.717) is 12.6 Å². The molecule has 2 aliphatic rings. The van der Waals surface area contributed by atoms with Gasteiger partial charge >= 0.3 is 0 Å². The van der Waals surface area contributed by atoms with Gasteiger partial charge in [-0.3, -0.25) is 14.5 Å². The first-order valence-electron chi connectivity index (χ1n) is 10.00. The molecule has 1 aromatic rings. The minimum absolute atomic E-state index is 0.0146. The zero-order valence-corrected chi connectivity index (χ0v) is 16.7. The molecule has 1 aliphatic carbocycles. The summed E-state index contributed by atoms with van der Waals surface area (Å²) in [6, 6.07) is 7.64. The Morgan fingerprint density at radius 3 is 2.41 bits per heavy atom. The number of amides is 2. The van der Waals surface area contributed by atoms with Crippen LogP contribution in [0.3, 0.4) is 0 Å². The van der Waals surface area contributed by atoms with E-state index < -0.39 is 6.04 Å². The molecule has 3 N–H and O–H groups in total. The Morgan fingerprint density at radius 1 is 1.15 bits per heavy atom. The van der Waals surface area contributed by atoms with E-state index >= 15 is 0 Å². The fourth-order valence-electron chi connectivity index (χ4n) is 4.15. The zero-order valence-electron chi connectivity index (χ0n) is 16.7. The van der Waals surface area contributed by atoms with Crippen LogP contribution in [0.1, 0.15) is 52.9 Å². The molecule has 0 spiro atoms. The van der Waals surface area contributed by atoms with Gasteiger partial charge in [0, 0.05) is 18.1 Å².